The highest BCUT2D eigenvalue weighted by Crippen LogP contribution is 2.31. The molecule has 12 heteroatoms. The molecule has 2 aromatic carbocycles. The Morgan fingerprint density at radius 2 is 1.68 bits per heavy atom. The number of carbonyl (C=O) groups excluding carboxylic acids is 1. The van der Waals surface area contributed by atoms with Gasteiger partial charge in [0.25, 0.3) is 21.6 Å². The fraction of sp³-hybridized carbons (Fsp3) is 0.227. The van der Waals surface area contributed by atoms with Gasteiger partial charge in [-0.3, -0.25) is 14.9 Å². The van der Waals surface area contributed by atoms with Crippen LogP contribution in [0.4, 0.5) is 23.0 Å². The van der Waals surface area contributed by atoms with Crippen LogP contribution in [-0.2, 0) is 10.0 Å². The van der Waals surface area contributed by atoms with Crippen LogP contribution in [-0.4, -0.2) is 42.3 Å². The van der Waals surface area contributed by atoms with E-state index in [1.807, 2.05) is 4.90 Å². The van der Waals surface area contributed by atoms with Gasteiger partial charge in [0.05, 0.1) is 9.82 Å². The lowest BCUT2D eigenvalue weighted by Gasteiger charge is -2.28. The Bertz CT molecular complexity index is 1290. The molecular formula is C22H22N6O5S. The minimum absolute atomic E-state index is 0.0422. The molecule has 1 aliphatic heterocycles. The van der Waals surface area contributed by atoms with E-state index in [0.717, 1.165) is 32.4 Å². The predicted octanol–water partition coefficient (Wildman–Crippen LogP) is 3.43. The number of rotatable bonds is 7. The molecule has 0 bridgehead atoms. The summed E-state index contributed by atoms with van der Waals surface area (Å²) in [5, 5.41) is 14.3. The van der Waals surface area contributed by atoms with Crippen molar-refractivity contribution in [3.05, 3.63) is 76.6 Å². The van der Waals surface area contributed by atoms with Crippen molar-refractivity contribution in [1.82, 2.24) is 9.97 Å². The van der Waals surface area contributed by atoms with Crippen LogP contribution in [0.5, 0.6) is 0 Å². The zero-order valence-electron chi connectivity index (χ0n) is 18.0. The summed E-state index contributed by atoms with van der Waals surface area (Å²) in [5.74, 6) is -0.603. The van der Waals surface area contributed by atoms with Gasteiger partial charge in [-0.05, 0) is 61.7 Å². The monoisotopic (exact) mass is 482 g/mol. The zero-order valence-corrected chi connectivity index (χ0v) is 18.9. The van der Waals surface area contributed by atoms with E-state index >= 15 is 0 Å². The molecule has 2 heterocycles. The van der Waals surface area contributed by atoms with Gasteiger partial charge in [0, 0.05) is 42.8 Å². The highest BCUT2D eigenvalue weighted by molar-refractivity contribution is 7.92. The molecule has 0 atom stereocenters. The summed E-state index contributed by atoms with van der Waals surface area (Å²) in [7, 11) is -3.91. The minimum Gasteiger partial charge on any atom is -0.366 e. The van der Waals surface area contributed by atoms with Crippen LogP contribution in [0, 0.1) is 10.1 Å². The van der Waals surface area contributed by atoms with Gasteiger partial charge < -0.3 is 10.2 Å². The molecule has 1 fully saturated rings. The van der Waals surface area contributed by atoms with Crippen molar-refractivity contribution in [1.29, 1.82) is 0 Å². The second-order valence-corrected chi connectivity index (χ2v) is 9.35. The number of nitro benzene ring substituents is 1. The third-order valence-corrected chi connectivity index (χ3v) is 6.69. The Hall–Kier alpha value is -4.06. The van der Waals surface area contributed by atoms with Gasteiger partial charge in [0.2, 0.25) is 5.95 Å². The molecule has 3 aromatic rings. The fourth-order valence-corrected chi connectivity index (χ4v) is 4.62. The summed E-state index contributed by atoms with van der Waals surface area (Å²) in [5.41, 5.74) is 0.852. The third kappa shape index (κ3) is 5.29. The highest BCUT2D eigenvalue weighted by atomic mass is 32.2. The molecular weight excluding hydrogens is 460 g/mol. The van der Waals surface area contributed by atoms with Crippen molar-refractivity contribution < 1.29 is 18.1 Å². The molecule has 34 heavy (non-hydrogen) atoms. The van der Waals surface area contributed by atoms with Crippen molar-refractivity contribution in [3.8, 4) is 0 Å². The van der Waals surface area contributed by atoms with E-state index in [1.165, 1.54) is 42.7 Å². The number of benzene rings is 2. The lowest BCUT2D eigenvalue weighted by Crippen LogP contribution is -2.30. The van der Waals surface area contributed by atoms with Crippen molar-refractivity contribution in [2.24, 2.45) is 0 Å². The number of sulfonamides is 1. The number of piperidine rings is 1. The molecule has 0 unspecified atom stereocenters. The van der Waals surface area contributed by atoms with E-state index in [-0.39, 0.29) is 22.1 Å². The summed E-state index contributed by atoms with van der Waals surface area (Å²) in [6.07, 6.45) is 5.86. The number of carbonyl (C=O) groups is 1. The number of nitrogens with one attached hydrogen (secondary N) is 2. The van der Waals surface area contributed by atoms with E-state index in [2.05, 4.69) is 20.0 Å². The van der Waals surface area contributed by atoms with E-state index in [0.29, 0.717) is 11.4 Å². The number of nitrogens with zero attached hydrogens (tertiary/aromatic N) is 4. The molecule has 2 N–H and O–H groups in total. The maximum atomic E-state index is 12.7. The second-order valence-electron chi connectivity index (χ2n) is 7.66. The van der Waals surface area contributed by atoms with Crippen LogP contribution >= 0.6 is 0 Å². The first kappa shape index (κ1) is 23.1. The largest absolute Gasteiger partial charge is 0.366 e. The average molecular weight is 483 g/mol. The summed E-state index contributed by atoms with van der Waals surface area (Å²) in [4.78, 5) is 33.4. The van der Waals surface area contributed by atoms with Gasteiger partial charge in [-0.15, -0.1) is 0 Å². The van der Waals surface area contributed by atoms with Crippen LogP contribution < -0.4 is 14.9 Å². The highest BCUT2D eigenvalue weighted by Gasteiger charge is 2.23. The van der Waals surface area contributed by atoms with Gasteiger partial charge in [-0.1, -0.05) is 0 Å². The molecule has 0 spiro atoms. The first-order valence-electron chi connectivity index (χ1n) is 10.6. The molecule has 0 saturated carbocycles. The lowest BCUT2D eigenvalue weighted by molar-refractivity contribution is -0.384. The minimum atomic E-state index is -3.91. The molecule has 0 aliphatic carbocycles. The Morgan fingerprint density at radius 3 is 2.32 bits per heavy atom. The molecule has 11 nitrogen and oxygen atoms in total. The van der Waals surface area contributed by atoms with Crippen molar-refractivity contribution in [2.75, 3.05) is 28.0 Å². The van der Waals surface area contributed by atoms with Gasteiger partial charge in [-0.2, -0.15) is 0 Å². The first-order chi connectivity index (χ1) is 16.3. The number of hydrogen-bond donors (Lipinski definition) is 2. The van der Waals surface area contributed by atoms with Crippen LogP contribution in [0.1, 0.15) is 29.6 Å². The maximum absolute atomic E-state index is 12.7. The van der Waals surface area contributed by atoms with Crippen LogP contribution in [0.2, 0.25) is 0 Å². The summed E-state index contributed by atoms with van der Waals surface area (Å²) in [6, 6.07) is 11.5. The number of nitro groups is 1. The normalized spacial score (nSPS) is 13.8. The van der Waals surface area contributed by atoms with Gasteiger partial charge >= 0.3 is 0 Å². The van der Waals surface area contributed by atoms with Gasteiger partial charge in [0.15, 0.2) is 0 Å². The SMILES string of the molecule is O=C(Nc1ccc(S(=O)(=O)Nc2ncccn2)cc1)c1ccc(N2CCCCC2)c([N+](=O)[O-])c1. The van der Waals surface area contributed by atoms with Gasteiger partial charge in [0.1, 0.15) is 5.69 Å². The van der Waals surface area contributed by atoms with E-state index < -0.39 is 20.9 Å². The number of anilines is 3. The van der Waals surface area contributed by atoms with Crippen LogP contribution in [0.15, 0.2) is 65.8 Å². The standard InChI is InChI=1S/C22H22N6O5S/c29-21(16-5-10-19(20(15-16)28(30)31)27-13-2-1-3-14-27)25-17-6-8-18(9-7-17)34(32,33)26-22-23-11-4-12-24-22/h4-12,15H,1-3,13-14H2,(H,25,29)(H,23,24,26). The van der Waals surface area contributed by atoms with Crippen LogP contribution in [0.25, 0.3) is 0 Å². The zero-order chi connectivity index (χ0) is 24.1. The average Bonchev–Trinajstić information content (AvgIpc) is 2.85. The molecule has 0 radical (unpaired) electrons. The van der Waals surface area contributed by atoms with Crippen LogP contribution in [0.3, 0.4) is 0 Å². The summed E-state index contributed by atoms with van der Waals surface area (Å²) >= 11 is 0. The van der Waals surface area contributed by atoms with E-state index in [9.17, 15) is 23.3 Å². The summed E-state index contributed by atoms with van der Waals surface area (Å²) in [6.45, 7) is 1.49. The third-order valence-electron chi connectivity index (χ3n) is 5.34. The Labute approximate surface area is 196 Å². The molecule has 176 valence electrons. The lowest BCUT2D eigenvalue weighted by atomic mass is 10.1. The first-order valence-corrected chi connectivity index (χ1v) is 12.1. The Kier molecular flexibility index (Phi) is 6.68. The van der Waals surface area contributed by atoms with E-state index in [1.54, 1.807) is 18.2 Å². The molecule has 1 saturated heterocycles. The van der Waals surface area contributed by atoms with Crippen molar-refractivity contribution in [3.63, 3.8) is 0 Å². The van der Waals surface area contributed by atoms with Crippen molar-refractivity contribution >= 4 is 38.9 Å². The Balaban J connectivity index is 1.48. The van der Waals surface area contributed by atoms with Crippen molar-refractivity contribution in [2.45, 2.75) is 24.2 Å². The summed E-state index contributed by atoms with van der Waals surface area (Å²) < 4.78 is 27.2. The Morgan fingerprint density at radius 1 is 1.00 bits per heavy atom. The van der Waals surface area contributed by atoms with Gasteiger partial charge in [-0.25, -0.2) is 23.1 Å². The molecule has 1 aromatic heterocycles. The molecule has 1 amide bonds. The number of amides is 1. The quantitative estimate of drug-likeness (QED) is 0.384. The molecule has 1 aliphatic rings. The number of aromatic nitrogens is 2. The second kappa shape index (κ2) is 9.83. The fourth-order valence-electron chi connectivity index (χ4n) is 3.66. The molecule has 4 rings (SSSR count). The number of hydrogen-bond acceptors (Lipinski definition) is 8. The smallest absolute Gasteiger partial charge is 0.293 e. The topological polar surface area (TPSA) is 147 Å². The predicted molar refractivity (Wildman–Crippen MR) is 126 cm³/mol. The van der Waals surface area contributed by atoms with E-state index in [4.69, 9.17) is 0 Å². The maximum Gasteiger partial charge on any atom is 0.293 e.